The number of nitrogens with one attached hydrogen (secondary N) is 2. The molecule has 0 saturated heterocycles. The summed E-state index contributed by atoms with van der Waals surface area (Å²) in [6.07, 6.45) is 0. The first kappa shape index (κ1) is 16.0. The number of alkyl halides is 1. The van der Waals surface area contributed by atoms with Gasteiger partial charge in [0.2, 0.25) is 5.91 Å². The number of primary amides is 1. The van der Waals surface area contributed by atoms with Crippen LogP contribution >= 0.6 is 15.9 Å². The quantitative estimate of drug-likeness (QED) is 0.713. The summed E-state index contributed by atoms with van der Waals surface area (Å²) in [4.78, 5) is 33.5. The molecule has 1 aromatic rings. The number of methoxy groups -OCH3 is 1. The largest absolute Gasteiger partial charge is 0.495 e. The SMILES string of the molecule is COc1ccc(C(=O)NC(N)=O)cc1NC(=O)C(C)Br. The molecule has 4 amide bonds. The second kappa shape index (κ2) is 6.90. The van der Waals surface area contributed by atoms with Gasteiger partial charge in [-0.1, -0.05) is 15.9 Å². The highest BCUT2D eigenvalue weighted by Gasteiger charge is 2.15. The minimum Gasteiger partial charge on any atom is -0.495 e. The van der Waals surface area contributed by atoms with Gasteiger partial charge in [0.1, 0.15) is 5.75 Å². The van der Waals surface area contributed by atoms with Gasteiger partial charge in [-0.3, -0.25) is 14.9 Å². The van der Waals surface area contributed by atoms with Gasteiger partial charge in [-0.15, -0.1) is 0 Å². The Bertz CT molecular complexity index is 546. The maximum atomic E-state index is 11.7. The van der Waals surface area contributed by atoms with Gasteiger partial charge in [0.15, 0.2) is 0 Å². The third-order valence-corrected chi connectivity index (χ3v) is 2.73. The first-order chi connectivity index (χ1) is 9.35. The number of anilines is 1. The maximum absolute atomic E-state index is 11.7. The minimum atomic E-state index is -0.953. The molecule has 0 spiro atoms. The summed E-state index contributed by atoms with van der Waals surface area (Å²) in [5.74, 6) is -0.569. The number of benzene rings is 1. The van der Waals surface area contributed by atoms with Gasteiger partial charge in [0, 0.05) is 5.56 Å². The predicted molar refractivity (Wildman–Crippen MR) is 77.1 cm³/mol. The highest BCUT2D eigenvalue weighted by atomic mass is 79.9. The second-order valence-corrected chi connectivity index (χ2v) is 5.21. The zero-order valence-electron chi connectivity index (χ0n) is 10.9. The van der Waals surface area contributed by atoms with Crippen molar-refractivity contribution in [2.45, 2.75) is 11.8 Å². The van der Waals surface area contributed by atoms with Crippen LogP contribution in [0.1, 0.15) is 17.3 Å². The number of ether oxygens (including phenoxy) is 1. The van der Waals surface area contributed by atoms with Gasteiger partial charge in [0.05, 0.1) is 17.6 Å². The van der Waals surface area contributed by atoms with Crippen LogP contribution in [0.3, 0.4) is 0 Å². The van der Waals surface area contributed by atoms with Crippen LogP contribution in [-0.4, -0.2) is 29.8 Å². The lowest BCUT2D eigenvalue weighted by Crippen LogP contribution is -2.35. The van der Waals surface area contributed by atoms with Crippen LogP contribution in [0.4, 0.5) is 10.5 Å². The lowest BCUT2D eigenvalue weighted by molar-refractivity contribution is -0.115. The van der Waals surface area contributed by atoms with Crippen molar-refractivity contribution in [3.8, 4) is 5.75 Å². The highest BCUT2D eigenvalue weighted by molar-refractivity contribution is 9.10. The van der Waals surface area contributed by atoms with Crippen LogP contribution in [-0.2, 0) is 4.79 Å². The van der Waals surface area contributed by atoms with E-state index < -0.39 is 16.8 Å². The third-order valence-electron chi connectivity index (χ3n) is 2.32. The molecule has 1 atom stereocenters. The number of hydrogen-bond acceptors (Lipinski definition) is 4. The van der Waals surface area contributed by atoms with Crippen LogP contribution in [0.15, 0.2) is 18.2 Å². The molecule has 0 heterocycles. The smallest absolute Gasteiger partial charge is 0.319 e. The molecule has 1 rings (SSSR count). The molecular weight excluding hydrogens is 330 g/mol. The number of nitrogens with two attached hydrogens (primary N) is 1. The zero-order valence-corrected chi connectivity index (χ0v) is 12.5. The topological polar surface area (TPSA) is 111 Å². The van der Waals surface area contributed by atoms with Crippen LogP contribution < -0.4 is 21.1 Å². The normalized spacial score (nSPS) is 11.3. The number of halogens is 1. The number of rotatable bonds is 4. The summed E-state index contributed by atoms with van der Waals surface area (Å²) in [7, 11) is 1.44. The summed E-state index contributed by atoms with van der Waals surface area (Å²) >= 11 is 3.13. The van der Waals surface area contributed by atoms with Crippen molar-refractivity contribution in [3.63, 3.8) is 0 Å². The molecule has 8 heteroatoms. The molecule has 0 fully saturated rings. The van der Waals surface area contributed by atoms with E-state index in [1.54, 1.807) is 6.92 Å². The molecule has 1 aromatic carbocycles. The minimum absolute atomic E-state index is 0.169. The second-order valence-electron chi connectivity index (χ2n) is 3.84. The fourth-order valence-electron chi connectivity index (χ4n) is 1.36. The van der Waals surface area contributed by atoms with Gasteiger partial charge < -0.3 is 15.8 Å². The molecule has 7 nitrogen and oxygen atoms in total. The van der Waals surface area contributed by atoms with E-state index >= 15 is 0 Å². The maximum Gasteiger partial charge on any atom is 0.319 e. The van der Waals surface area contributed by atoms with E-state index in [-0.39, 0.29) is 11.5 Å². The van der Waals surface area contributed by atoms with Gasteiger partial charge >= 0.3 is 6.03 Å². The van der Waals surface area contributed by atoms with Crippen molar-refractivity contribution in [1.29, 1.82) is 0 Å². The van der Waals surface area contributed by atoms with E-state index in [2.05, 4.69) is 21.2 Å². The fraction of sp³-hybridized carbons (Fsp3) is 0.250. The van der Waals surface area contributed by atoms with E-state index in [0.717, 1.165) is 0 Å². The van der Waals surface area contributed by atoms with E-state index in [9.17, 15) is 14.4 Å². The van der Waals surface area contributed by atoms with Crippen LogP contribution in [0, 0.1) is 0 Å². The predicted octanol–water partition coefficient (Wildman–Crippen LogP) is 1.23. The van der Waals surface area contributed by atoms with Crippen LogP contribution in [0.25, 0.3) is 0 Å². The Balaban J connectivity index is 3.05. The Hall–Kier alpha value is -2.09. The molecule has 0 aromatic heterocycles. The number of carbonyl (C=O) groups excluding carboxylic acids is 3. The third kappa shape index (κ3) is 4.23. The molecule has 0 aliphatic rings. The van der Waals surface area contributed by atoms with Gasteiger partial charge in [-0.05, 0) is 25.1 Å². The van der Waals surface area contributed by atoms with Crippen molar-refractivity contribution in [2.24, 2.45) is 5.73 Å². The van der Waals surface area contributed by atoms with Crippen LogP contribution in [0.2, 0.25) is 0 Å². The van der Waals surface area contributed by atoms with E-state index in [4.69, 9.17) is 10.5 Å². The fourth-order valence-corrected chi connectivity index (χ4v) is 1.48. The lowest BCUT2D eigenvalue weighted by atomic mass is 10.1. The van der Waals surface area contributed by atoms with Crippen molar-refractivity contribution < 1.29 is 19.1 Å². The Morgan fingerprint density at radius 3 is 2.50 bits per heavy atom. The molecule has 20 heavy (non-hydrogen) atoms. The summed E-state index contributed by atoms with van der Waals surface area (Å²) in [5, 5.41) is 4.54. The molecule has 108 valence electrons. The van der Waals surface area contributed by atoms with Crippen molar-refractivity contribution >= 4 is 39.5 Å². The molecule has 1 unspecified atom stereocenters. The van der Waals surface area contributed by atoms with Gasteiger partial charge in [-0.2, -0.15) is 0 Å². The van der Waals surface area contributed by atoms with Crippen LogP contribution in [0.5, 0.6) is 5.75 Å². The zero-order chi connectivity index (χ0) is 15.3. The molecule has 4 N–H and O–H groups in total. The van der Waals surface area contributed by atoms with E-state index in [1.807, 2.05) is 5.32 Å². The molecule has 0 aliphatic carbocycles. The summed E-state index contributed by atoms with van der Waals surface area (Å²) in [6, 6.07) is 3.39. The monoisotopic (exact) mass is 343 g/mol. The van der Waals surface area contributed by atoms with Gasteiger partial charge in [0.25, 0.3) is 5.91 Å². The first-order valence-electron chi connectivity index (χ1n) is 5.59. The molecule has 0 bridgehead atoms. The number of imide groups is 1. The summed E-state index contributed by atoms with van der Waals surface area (Å²) in [6.45, 7) is 1.66. The number of urea groups is 1. The Kier molecular flexibility index (Phi) is 5.51. The molecular formula is C12H14BrN3O4. The highest BCUT2D eigenvalue weighted by Crippen LogP contribution is 2.26. The molecule has 0 radical (unpaired) electrons. The first-order valence-corrected chi connectivity index (χ1v) is 6.50. The van der Waals surface area contributed by atoms with Crippen molar-refractivity contribution in [2.75, 3.05) is 12.4 Å². The Morgan fingerprint density at radius 1 is 1.35 bits per heavy atom. The lowest BCUT2D eigenvalue weighted by Gasteiger charge is -2.12. The standard InChI is InChI=1S/C12H14BrN3O4/c1-6(13)10(17)15-8-5-7(3-4-9(8)20-2)11(18)16-12(14)19/h3-6H,1-2H3,(H,15,17)(H3,14,16,18,19). The number of carbonyl (C=O) groups is 3. The van der Waals surface area contributed by atoms with Crippen molar-refractivity contribution in [1.82, 2.24) is 5.32 Å². The van der Waals surface area contributed by atoms with Gasteiger partial charge in [-0.25, -0.2) is 4.79 Å². The van der Waals surface area contributed by atoms with E-state index in [0.29, 0.717) is 11.4 Å². The average Bonchev–Trinajstić information content (AvgIpc) is 2.37. The summed E-state index contributed by atoms with van der Waals surface area (Å²) in [5.41, 5.74) is 5.36. The van der Waals surface area contributed by atoms with E-state index in [1.165, 1.54) is 25.3 Å². The average molecular weight is 344 g/mol. The van der Waals surface area contributed by atoms with Crippen molar-refractivity contribution in [3.05, 3.63) is 23.8 Å². The molecule has 0 aliphatic heterocycles. The Morgan fingerprint density at radius 2 is 2.00 bits per heavy atom. The Labute approximate surface area is 124 Å². The molecule has 0 saturated carbocycles. The number of amides is 4. The summed E-state index contributed by atoms with van der Waals surface area (Å²) < 4.78 is 5.09. The number of hydrogen-bond donors (Lipinski definition) is 3.